The van der Waals surface area contributed by atoms with Crippen LogP contribution in [-0.2, 0) is 0 Å². The van der Waals surface area contributed by atoms with Crippen LogP contribution in [0, 0.1) is 20.8 Å². The molecular weight excluding hydrogens is 267 g/mol. The summed E-state index contributed by atoms with van der Waals surface area (Å²) in [5.74, 6) is 0.814. The summed E-state index contributed by atoms with van der Waals surface area (Å²) in [4.78, 5) is 12.5. The fourth-order valence-corrected chi connectivity index (χ4v) is 3.52. The van der Waals surface area contributed by atoms with Crippen molar-refractivity contribution in [1.29, 1.82) is 0 Å². The molecule has 0 aliphatic rings. The van der Waals surface area contributed by atoms with Gasteiger partial charge in [0.25, 0.3) is 0 Å². The standard InChI is InChI=1S/C17H19O2P/c1-11-9-12(2)16(13(3)10-11)17(18)20-15-7-5-14(19-4)6-8-15/h5-10,20H,1-4H3. The molecule has 20 heavy (non-hydrogen) atoms. The molecule has 0 radical (unpaired) electrons. The number of carbonyl (C=O) groups excluding carboxylic acids is 1. The molecule has 3 heteroatoms. The van der Waals surface area contributed by atoms with Gasteiger partial charge < -0.3 is 4.74 Å². The number of aryl methyl sites for hydroxylation is 3. The van der Waals surface area contributed by atoms with Gasteiger partial charge in [0.2, 0.25) is 0 Å². The van der Waals surface area contributed by atoms with Crippen LogP contribution in [0.1, 0.15) is 27.0 Å². The van der Waals surface area contributed by atoms with Gasteiger partial charge >= 0.3 is 0 Å². The minimum absolute atomic E-state index is 0.149. The maximum atomic E-state index is 12.5. The largest absolute Gasteiger partial charge is 0.497 e. The lowest BCUT2D eigenvalue weighted by Crippen LogP contribution is -2.05. The van der Waals surface area contributed by atoms with E-state index in [0.29, 0.717) is 0 Å². The van der Waals surface area contributed by atoms with Gasteiger partial charge in [-0.1, -0.05) is 29.8 Å². The average Bonchev–Trinajstić information content (AvgIpc) is 2.38. The minimum Gasteiger partial charge on any atom is -0.497 e. The predicted octanol–water partition coefficient (Wildman–Crippen LogP) is 3.76. The highest BCUT2D eigenvalue weighted by Crippen LogP contribution is 2.25. The Balaban J connectivity index is 2.23. The van der Waals surface area contributed by atoms with Gasteiger partial charge in [-0.15, -0.1) is 0 Å². The topological polar surface area (TPSA) is 26.3 Å². The van der Waals surface area contributed by atoms with Crippen LogP contribution in [0.5, 0.6) is 5.75 Å². The van der Waals surface area contributed by atoms with E-state index in [1.165, 1.54) is 5.56 Å². The summed E-state index contributed by atoms with van der Waals surface area (Å²) in [6.07, 6.45) is 0. The van der Waals surface area contributed by atoms with Crippen molar-refractivity contribution in [2.75, 3.05) is 7.11 Å². The summed E-state index contributed by atoms with van der Waals surface area (Å²) >= 11 is 0. The van der Waals surface area contributed by atoms with Crippen LogP contribution < -0.4 is 10.0 Å². The summed E-state index contributed by atoms with van der Waals surface area (Å²) in [6, 6.07) is 11.8. The van der Waals surface area contributed by atoms with Gasteiger partial charge in [0.15, 0.2) is 5.52 Å². The van der Waals surface area contributed by atoms with Crippen molar-refractivity contribution in [2.45, 2.75) is 20.8 Å². The number of methoxy groups -OCH3 is 1. The first kappa shape index (κ1) is 14.7. The van der Waals surface area contributed by atoms with Crippen LogP contribution in [0.3, 0.4) is 0 Å². The molecule has 1 unspecified atom stereocenters. The Hall–Kier alpha value is -1.66. The quantitative estimate of drug-likeness (QED) is 0.800. The molecule has 1 atom stereocenters. The van der Waals surface area contributed by atoms with E-state index < -0.39 is 0 Å². The Kier molecular flexibility index (Phi) is 4.57. The van der Waals surface area contributed by atoms with Gasteiger partial charge in [0.05, 0.1) is 7.11 Å². The second kappa shape index (κ2) is 6.19. The smallest absolute Gasteiger partial charge is 0.186 e. The third kappa shape index (κ3) is 3.26. The lowest BCUT2D eigenvalue weighted by atomic mass is 10.0. The molecule has 2 rings (SSSR count). The van der Waals surface area contributed by atoms with Gasteiger partial charge in [-0.3, -0.25) is 4.79 Å². The van der Waals surface area contributed by atoms with E-state index in [1.54, 1.807) is 7.11 Å². The molecule has 0 bridgehead atoms. The van der Waals surface area contributed by atoms with Crippen molar-refractivity contribution in [3.05, 3.63) is 58.7 Å². The highest BCUT2D eigenvalue weighted by molar-refractivity contribution is 7.66. The predicted molar refractivity (Wildman–Crippen MR) is 85.9 cm³/mol. The molecule has 0 saturated heterocycles. The second-order valence-corrected chi connectivity index (χ2v) is 6.24. The number of rotatable bonds is 4. The minimum atomic E-state index is 0.149. The Labute approximate surface area is 122 Å². The van der Waals surface area contributed by atoms with Crippen molar-refractivity contribution in [2.24, 2.45) is 0 Å². The lowest BCUT2D eigenvalue weighted by Gasteiger charge is -2.10. The highest BCUT2D eigenvalue weighted by Gasteiger charge is 2.13. The van der Waals surface area contributed by atoms with E-state index in [4.69, 9.17) is 4.74 Å². The number of carbonyl (C=O) groups is 1. The van der Waals surface area contributed by atoms with Crippen LogP contribution >= 0.6 is 8.58 Å². The molecule has 0 aromatic heterocycles. The molecule has 0 spiro atoms. The van der Waals surface area contributed by atoms with E-state index in [2.05, 4.69) is 19.1 Å². The van der Waals surface area contributed by atoms with Crippen LogP contribution in [-0.4, -0.2) is 12.6 Å². The Morgan fingerprint density at radius 3 is 2.05 bits per heavy atom. The SMILES string of the molecule is COc1ccc(PC(=O)c2c(C)cc(C)cc2C)cc1. The van der Waals surface area contributed by atoms with Crippen LogP contribution in [0.15, 0.2) is 36.4 Å². The maximum Gasteiger partial charge on any atom is 0.186 e. The molecule has 0 heterocycles. The number of ether oxygens (including phenoxy) is 1. The van der Waals surface area contributed by atoms with Gasteiger partial charge in [0.1, 0.15) is 5.75 Å². The van der Waals surface area contributed by atoms with Crippen molar-refractivity contribution >= 4 is 19.4 Å². The lowest BCUT2D eigenvalue weighted by molar-refractivity contribution is 0.108. The van der Waals surface area contributed by atoms with Crippen molar-refractivity contribution in [1.82, 2.24) is 0 Å². The molecule has 0 fully saturated rings. The van der Waals surface area contributed by atoms with E-state index in [9.17, 15) is 4.79 Å². The molecule has 0 saturated carbocycles. The molecule has 104 valence electrons. The van der Waals surface area contributed by atoms with Crippen molar-refractivity contribution < 1.29 is 9.53 Å². The molecule has 0 amide bonds. The third-order valence-corrected chi connectivity index (χ3v) is 4.35. The number of hydrogen-bond acceptors (Lipinski definition) is 2. The first-order valence-corrected chi connectivity index (χ1v) is 7.54. The summed E-state index contributed by atoms with van der Waals surface area (Å²) in [5.41, 5.74) is 4.39. The summed E-state index contributed by atoms with van der Waals surface area (Å²) in [5, 5.41) is 1.04. The summed E-state index contributed by atoms with van der Waals surface area (Å²) in [6.45, 7) is 6.07. The van der Waals surface area contributed by atoms with Gasteiger partial charge in [-0.25, -0.2) is 0 Å². The zero-order valence-electron chi connectivity index (χ0n) is 12.3. The maximum absolute atomic E-state index is 12.5. The molecule has 2 aromatic rings. The van der Waals surface area contributed by atoms with Crippen molar-refractivity contribution in [3.63, 3.8) is 0 Å². The molecule has 0 aliphatic heterocycles. The zero-order valence-corrected chi connectivity index (χ0v) is 13.3. The van der Waals surface area contributed by atoms with Crippen LogP contribution in [0.4, 0.5) is 0 Å². The molecule has 0 aliphatic carbocycles. The zero-order chi connectivity index (χ0) is 14.7. The first-order chi connectivity index (χ1) is 9.51. The van der Waals surface area contributed by atoms with Crippen LogP contribution in [0.25, 0.3) is 0 Å². The molecular formula is C17H19O2P. The first-order valence-electron chi connectivity index (χ1n) is 6.54. The second-order valence-electron chi connectivity index (χ2n) is 4.96. The van der Waals surface area contributed by atoms with E-state index >= 15 is 0 Å². The Morgan fingerprint density at radius 2 is 1.55 bits per heavy atom. The highest BCUT2D eigenvalue weighted by atomic mass is 31.1. The fraction of sp³-hybridized carbons (Fsp3) is 0.235. The Morgan fingerprint density at radius 1 is 1.00 bits per heavy atom. The van der Waals surface area contributed by atoms with E-state index in [-0.39, 0.29) is 14.1 Å². The monoisotopic (exact) mass is 286 g/mol. The molecule has 2 nitrogen and oxygen atoms in total. The Bertz CT molecular complexity index is 607. The third-order valence-electron chi connectivity index (χ3n) is 3.25. The molecule has 2 aromatic carbocycles. The summed E-state index contributed by atoms with van der Waals surface area (Å²) in [7, 11) is 1.79. The fourth-order valence-electron chi connectivity index (χ4n) is 2.41. The normalized spacial score (nSPS) is 11.0. The van der Waals surface area contributed by atoms with Gasteiger partial charge in [-0.2, -0.15) is 0 Å². The summed E-state index contributed by atoms with van der Waals surface area (Å²) < 4.78 is 5.13. The van der Waals surface area contributed by atoms with Gasteiger partial charge in [-0.05, 0) is 57.9 Å². The van der Waals surface area contributed by atoms with E-state index in [1.807, 2.05) is 38.1 Å². The van der Waals surface area contributed by atoms with E-state index in [0.717, 1.165) is 27.7 Å². The van der Waals surface area contributed by atoms with Gasteiger partial charge in [0, 0.05) is 5.56 Å². The number of benzene rings is 2. The van der Waals surface area contributed by atoms with Crippen molar-refractivity contribution in [3.8, 4) is 5.75 Å². The molecule has 0 N–H and O–H groups in total. The average molecular weight is 286 g/mol. The van der Waals surface area contributed by atoms with Crippen LogP contribution in [0.2, 0.25) is 0 Å². The number of hydrogen-bond donors (Lipinski definition) is 0.